The Bertz CT molecular complexity index is 940. The molecule has 0 aliphatic carbocycles. The van der Waals surface area contributed by atoms with Crippen molar-refractivity contribution < 1.29 is 9.53 Å². The number of carbonyl (C=O) groups is 1. The molecule has 3 aromatic rings. The maximum absolute atomic E-state index is 12.2. The number of ether oxygens (including phenoxy) is 1. The van der Waals surface area contributed by atoms with Crippen molar-refractivity contribution in [3.63, 3.8) is 0 Å². The van der Waals surface area contributed by atoms with Crippen LogP contribution in [0.5, 0.6) is 0 Å². The smallest absolute Gasteiger partial charge is 0.340 e. The van der Waals surface area contributed by atoms with E-state index in [1.54, 1.807) is 0 Å². The second kappa shape index (κ2) is 9.12. The van der Waals surface area contributed by atoms with Gasteiger partial charge in [0.15, 0.2) is 5.11 Å². The van der Waals surface area contributed by atoms with E-state index in [1.165, 1.54) is 24.0 Å². The number of rotatable bonds is 5. The first-order valence-corrected chi connectivity index (χ1v) is 10.2. The fraction of sp³-hybridized carbons (Fsp3) is 0.100. The van der Waals surface area contributed by atoms with Crippen molar-refractivity contribution in [3.05, 3.63) is 81.1 Å². The third-order valence-electron chi connectivity index (χ3n) is 3.74. The summed E-state index contributed by atoms with van der Waals surface area (Å²) in [5.74, 6) is -0.389. The molecule has 2 N–H and O–H groups in total. The lowest BCUT2D eigenvalue weighted by Gasteiger charge is -2.10. The predicted octanol–water partition coefficient (Wildman–Crippen LogP) is 5.70. The lowest BCUT2D eigenvalue weighted by Crippen LogP contribution is -2.19. The summed E-state index contributed by atoms with van der Waals surface area (Å²) in [4.78, 5) is 13.2. The molecule has 0 atom stereocenters. The van der Waals surface area contributed by atoms with Crippen molar-refractivity contribution in [2.24, 2.45) is 0 Å². The minimum absolute atomic E-state index is 0.389. The van der Waals surface area contributed by atoms with Gasteiger partial charge in [0.05, 0.1) is 12.7 Å². The van der Waals surface area contributed by atoms with Gasteiger partial charge in [-0.05, 0) is 48.1 Å². The van der Waals surface area contributed by atoms with E-state index in [0.717, 1.165) is 21.5 Å². The molecule has 0 saturated heterocycles. The molecule has 0 fully saturated rings. The zero-order valence-corrected chi connectivity index (χ0v) is 17.7. The third kappa shape index (κ3) is 5.38. The first kappa shape index (κ1) is 19.5. The second-order valence-electron chi connectivity index (χ2n) is 5.70. The summed E-state index contributed by atoms with van der Waals surface area (Å²) in [6.45, 7) is 0. The number of anilines is 2. The van der Waals surface area contributed by atoms with Crippen molar-refractivity contribution in [2.45, 2.75) is 6.42 Å². The average Bonchev–Trinajstić information content (AvgIpc) is 3.05. The van der Waals surface area contributed by atoms with Gasteiger partial charge in [-0.15, -0.1) is 11.3 Å². The van der Waals surface area contributed by atoms with Crippen LogP contribution in [0.25, 0.3) is 0 Å². The standard InChI is InChI=1S/C20H17BrN2O2S2/c1-25-19(24)17-12-16(11-13-5-3-2-4-6-13)27-18(17)23-20(26)22-15-9-7-14(21)8-10-15/h2-10,12H,11H2,1H3,(H2,22,23,26). The van der Waals surface area contributed by atoms with Crippen LogP contribution in [-0.2, 0) is 11.2 Å². The van der Waals surface area contributed by atoms with Crippen molar-refractivity contribution in [2.75, 3.05) is 17.7 Å². The number of thiocarbonyl (C=S) groups is 1. The molecular weight excluding hydrogens is 444 g/mol. The molecule has 2 aromatic carbocycles. The van der Waals surface area contributed by atoms with E-state index >= 15 is 0 Å². The Labute approximate surface area is 175 Å². The lowest BCUT2D eigenvalue weighted by molar-refractivity contribution is 0.0602. The van der Waals surface area contributed by atoms with Crippen molar-refractivity contribution in [1.29, 1.82) is 0 Å². The van der Waals surface area contributed by atoms with E-state index in [9.17, 15) is 4.79 Å². The predicted molar refractivity (Wildman–Crippen MR) is 119 cm³/mol. The molecular formula is C20H17BrN2O2S2. The molecule has 0 unspecified atom stereocenters. The summed E-state index contributed by atoms with van der Waals surface area (Å²) >= 11 is 10.3. The maximum Gasteiger partial charge on any atom is 0.340 e. The van der Waals surface area contributed by atoms with Gasteiger partial charge >= 0.3 is 5.97 Å². The van der Waals surface area contributed by atoms with Gasteiger partial charge in [-0.25, -0.2) is 4.79 Å². The minimum atomic E-state index is -0.389. The monoisotopic (exact) mass is 460 g/mol. The summed E-state index contributed by atoms with van der Waals surface area (Å²) in [6, 6.07) is 19.6. The Kier molecular flexibility index (Phi) is 6.60. The van der Waals surface area contributed by atoms with Gasteiger partial charge in [-0.3, -0.25) is 0 Å². The number of halogens is 1. The number of hydrogen-bond donors (Lipinski definition) is 2. The summed E-state index contributed by atoms with van der Waals surface area (Å²) < 4.78 is 5.90. The SMILES string of the molecule is COC(=O)c1cc(Cc2ccccc2)sc1NC(=S)Nc1ccc(Br)cc1. The zero-order chi connectivity index (χ0) is 19.2. The summed E-state index contributed by atoms with van der Waals surface area (Å²) in [5.41, 5.74) is 2.52. The quantitative estimate of drug-likeness (QED) is 0.377. The van der Waals surface area contributed by atoms with Gasteiger partial charge in [0.25, 0.3) is 0 Å². The maximum atomic E-state index is 12.2. The molecule has 0 spiro atoms. The number of esters is 1. The molecule has 0 saturated carbocycles. The zero-order valence-electron chi connectivity index (χ0n) is 14.5. The van der Waals surface area contributed by atoms with E-state index in [2.05, 4.69) is 38.7 Å². The fourth-order valence-electron chi connectivity index (χ4n) is 2.48. The van der Waals surface area contributed by atoms with E-state index in [0.29, 0.717) is 15.7 Å². The molecule has 1 aromatic heterocycles. The highest BCUT2D eigenvalue weighted by atomic mass is 79.9. The van der Waals surface area contributed by atoms with Gasteiger partial charge in [0.2, 0.25) is 0 Å². The third-order valence-corrected chi connectivity index (χ3v) is 5.52. The summed E-state index contributed by atoms with van der Waals surface area (Å²) in [5, 5.41) is 7.32. The number of thiophene rings is 1. The Balaban J connectivity index is 1.77. The number of nitrogens with one attached hydrogen (secondary N) is 2. The first-order valence-electron chi connectivity index (χ1n) is 8.13. The van der Waals surface area contributed by atoms with Gasteiger partial charge in [0.1, 0.15) is 5.00 Å². The number of benzene rings is 2. The van der Waals surface area contributed by atoms with Gasteiger partial charge in [-0.2, -0.15) is 0 Å². The Morgan fingerprint density at radius 3 is 2.48 bits per heavy atom. The largest absolute Gasteiger partial charge is 0.465 e. The van der Waals surface area contributed by atoms with Crippen LogP contribution in [0, 0.1) is 0 Å². The van der Waals surface area contributed by atoms with Crippen LogP contribution in [0.4, 0.5) is 10.7 Å². The second-order valence-corrected chi connectivity index (χ2v) is 8.16. The molecule has 0 aliphatic heterocycles. The topological polar surface area (TPSA) is 50.4 Å². The van der Waals surface area contributed by atoms with Crippen molar-refractivity contribution in [3.8, 4) is 0 Å². The highest BCUT2D eigenvalue weighted by Crippen LogP contribution is 2.30. The van der Waals surface area contributed by atoms with Crippen LogP contribution in [0.15, 0.2) is 65.1 Å². The van der Waals surface area contributed by atoms with Crippen LogP contribution in [-0.4, -0.2) is 18.2 Å². The van der Waals surface area contributed by atoms with Crippen LogP contribution in [0.2, 0.25) is 0 Å². The molecule has 7 heteroatoms. The van der Waals surface area contributed by atoms with Crippen LogP contribution < -0.4 is 10.6 Å². The van der Waals surface area contributed by atoms with Crippen LogP contribution in [0.1, 0.15) is 20.8 Å². The highest BCUT2D eigenvalue weighted by molar-refractivity contribution is 9.10. The highest BCUT2D eigenvalue weighted by Gasteiger charge is 2.18. The molecule has 0 radical (unpaired) electrons. The summed E-state index contributed by atoms with van der Waals surface area (Å²) in [7, 11) is 1.37. The molecule has 4 nitrogen and oxygen atoms in total. The Morgan fingerprint density at radius 2 is 1.81 bits per heavy atom. The molecule has 0 amide bonds. The number of carbonyl (C=O) groups excluding carboxylic acids is 1. The Morgan fingerprint density at radius 1 is 1.11 bits per heavy atom. The van der Waals surface area contributed by atoms with E-state index in [4.69, 9.17) is 17.0 Å². The van der Waals surface area contributed by atoms with Crippen LogP contribution >= 0.6 is 39.5 Å². The summed E-state index contributed by atoms with van der Waals surface area (Å²) in [6.07, 6.45) is 0.740. The first-order chi connectivity index (χ1) is 13.0. The van der Waals surface area contributed by atoms with Crippen LogP contribution in [0.3, 0.4) is 0 Å². The van der Waals surface area contributed by atoms with Crippen molar-refractivity contribution in [1.82, 2.24) is 0 Å². The number of hydrogen-bond acceptors (Lipinski definition) is 4. The van der Waals surface area contributed by atoms with E-state index < -0.39 is 0 Å². The number of methoxy groups -OCH3 is 1. The molecule has 0 aliphatic rings. The minimum Gasteiger partial charge on any atom is -0.465 e. The van der Waals surface area contributed by atoms with Crippen molar-refractivity contribution >= 4 is 61.3 Å². The van der Waals surface area contributed by atoms with E-state index in [-0.39, 0.29) is 5.97 Å². The lowest BCUT2D eigenvalue weighted by atomic mass is 10.1. The average molecular weight is 461 g/mol. The molecule has 1 heterocycles. The molecule has 3 rings (SSSR count). The molecule has 0 bridgehead atoms. The van der Waals surface area contributed by atoms with Gasteiger partial charge in [0, 0.05) is 21.5 Å². The van der Waals surface area contributed by atoms with E-state index in [1.807, 2.05) is 48.5 Å². The molecule has 138 valence electrons. The fourth-order valence-corrected chi connectivity index (χ4v) is 4.11. The van der Waals surface area contributed by atoms with Gasteiger partial charge in [-0.1, -0.05) is 46.3 Å². The van der Waals surface area contributed by atoms with Gasteiger partial charge < -0.3 is 15.4 Å². The normalized spacial score (nSPS) is 10.3. The molecule has 27 heavy (non-hydrogen) atoms. The Hall–Kier alpha value is -2.22.